The van der Waals surface area contributed by atoms with Crippen molar-refractivity contribution in [3.05, 3.63) is 23.4 Å². The molecule has 0 saturated heterocycles. The van der Waals surface area contributed by atoms with E-state index in [1.165, 1.54) is 0 Å². The van der Waals surface area contributed by atoms with E-state index in [0.29, 0.717) is 12.3 Å². The van der Waals surface area contributed by atoms with E-state index in [2.05, 4.69) is 10.3 Å². The van der Waals surface area contributed by atoms with Crippen molar-refractivity contribution in [1.29, 1.82) is 0 Å². The van der Waals surface area contributed by atoms with Crippen molar-refractivity contribution in [3.63, 3.8) is 0 Å². The van der Waals surface area contributed by atoms with Crippen LogP contribution in [0.25, 0.3) is 0 Å². The minimum absolute atomic E-state index is 0.267. The van der Waals surface area contributed by atoms with Gasteiger partial charge in [0.15, 0.2) is 0 Å². The standard InChI is InChI=1S/C15H21F3N2O5/c1-14(2,3)25-13(23)20-7-10(21)11(22)9-5-8(15(16,17)18)6-19-12(9)24-4/h5-6,10-11,21-22H,7H2,1-4H3,(H,20,23). The van der Waals surface area contributed by atoms with Crippen LogP contribution in [0.2, 0.25) is 0 Å². The summed E-state index contributed by atoms with van der Waals surface area (Å²) in [5.41, 5.74) is -2.22. The fourth-order valence-electron chi connectivity index (χ4n) is 1.83. The molecule has 1 heterocycles. The third kappa shape index (κ3) is 6.39. The third-order valence-corrected chi connectivity index (χ3v) is 2.94. The molecule has 0 aliphatic heterocycles. The van der Waals surface area contributed by atoms with Gasteiger partial charge in [0.05, 0.1) is 12.7 Å². The van der Waals surface area contributed by atoms with Crippen molar-refractivity contribution >= 4 is 6.09 Å². The average Bonchev–Trinajstić information content (AvgIpc) is 2.48. The van der Waals surface area contributed by atoms with Gasteiger partial charge in [0.2, 0.25) is 5.88 Å². The summed E-state index contributed by atoms with van der Waals surface area (Å²) in [6, 6.07) is 0.632. The molecule has 0 saturated carbocycles. The molecule has 2 unspecified atom stereocenters. The van der Waals surface area contributed by atoms with Gasteiger partial charge in [-0.1, -0.05) is 0 Å². The molecular weight excluding hydrogens is 345 g/mol. The van der Waals surface area contributed by atoms with Gasteiger partial charge in [-0.05, 0) is 26.8 Å². The maximum Gasteiger partial charge on any atom is 0.417 e. The van der Waals surface area contributed by atoms with Crippen LogP contribution in [0.1, 0.15) is 38.0 Å². The minimum Gasteiger partial charge on any atom is -0.481 e. The van der Waals surface area contributed by atoms with Crippen LogP contribution in [0.3, 0.4) is 0 Å². The highest BCUT2D eigenvalue weighted by molar-refractivity contribution is 5.67. The van der Waals surface area contributed by atoms with Crippen LogP contribution in [0.5, 0.6) is 5.88 Å². The monoisotopic (exact) mass is 366 g/mol. The number of hydrogen-bond acceptors (Lipinski definition) is 6. The molecule has 0 aliphatic carbocycles. The fraction of sp³-hybridized carbons (Fsp3) is 0.600. The number of amides is 1. The lowest BCUT2D eigenvalue weighted by Crippen LogP contribution is -2.39. The topological polar surface area (TPSA) is 101 Å². The lowest BCUT2D eigenvalue weighted by atomic mass is 10.0. The molecule has 1 amide bonds. The Morgan fingerprint density at radius 3 is 2.40 bits per heavy atom. The Labute approximate surface area is 142 Å². The van der Waals surface area contributed by atoms with Crippen molar-refractivity contribution in [2.75, 3.05) is 13.7 Å². The quantitative estimate of drug-likeness (QED) is 0.737. The molecule has 25 heavy (non-hydrogen) atoms. The number of carbonyl (C=O) groups excluding carboxylic acids is 1. The molecule has 10 heteroatoms. The zero-order valence-electron chi connectivity index (χ0n) is 14.2. The zero-order valence-corrected chi connectivity index (χ0v) is 14.2. The summed E-state index contributed by atoms with van der Waals surface area (Å²) in [4.78, 5) is 15.0. The summed E-state index contributed by atoms with van der Waals surface area (Å²) in [5, 5.41) is 22.3. The van der Waals surface area contributed by atoms with E-state index in [4.69, 9.17) is 9.47 Å². The molecule has 0 radical (unpaired) electrons. The summed E-state index contributed by atoms with van der Waals surface area (Å²) in [7, 11) is 1.16. The first kappa shape index (κ1) is 21.0. The number of methoxy groups -OCH3 is 1. The highest BCUT2D eigenvalue weighted by Crippen LogP contribution is 2.34. The number of alkyl carbamates (subject to hydrolysis) is 1. The van der Waals surface area contributed by atoms with Crippen LogP contribution in [0, 0.1) is 0 Å². The van der Waals surface area contributed by atoms with Gasteiger partial charge >= 0.3 is 12.3 Å². The number of nitrogens with zero attached hydrogens (tertiary/aromatic N) is 1. The molecule has 0 aliphatic rings. The van der Waals surface area contributed by atoms with E-state index >= 15 is 0 Å². The number of aliphatic hydroxyl groups excluding tert-OH is 2. The van der Waals surface area contributed by atoms with Crippen LogP contribution in [0.4, 0.5) is 18.0 Å². The van der Waals surface area contributed by atoms with E-state index < -0.39 is 42.2 Å². The molecule has 0 fully saturated rings. The lowest BCUT2D eigenvalue weighted by Gasteiger charge is -2.23. The number of aromatic nitrogens is 1. The summed E-state index contributed by atoms with van der Waals surface area (Å²) < 4.78 is 48.1. The molecule has 0 spiro atoms. The van der Waals surface area contributed by atoms with Crippen molar-refractivity contribution in [2.24, 2.45) is 0 Å². The zero-order chi connectivity index (χ0) is 19.4. The van der Waals surface area contributed by atoms with Crippen molar-refractivity contribution in [3.8, 4) is 5.88 Å². The predicted octanol–water partition coefficient (Wildman–Crippen LogP) is 2.03. The van der Waals surface area contributed by atoms with Crippen LogP contribution in [-0.2, 0) is 10.9 Å². The van der Waals surface area contributed by atoms with E-state index in [1.54, 1.807) is 20.8 Å². The van der Waals surface area contributed by atoms with Crippen molar-refractivity contribution < 1.29 is 37.7 Å². The normalized spacial score (nSPS) is 14.6. The van der Waals surface area contributed by atoms with E-state index in [-0.39, 0.29) is 11.4 Å². The Hall–Kier alpha value is -2.07. The van der Waals surface area contributed by atoms with Gasteiger partial charge in [0, 0.05) is 18.3 Å². The first-order valence-corrected chi connectivity index (χ1v) is 7.29. The molecule has 1 aromatic heterocycles. The number of aliphatic hydroxyl groups is 2. The van der Waals surface area contributed by atoms with Crippen molar-refractivity contribution in [1.82, 2.24) is 10.3 Å². The first-order valence-electron chi connectivity index (χ1n) is 7.29. The van der Waals surface area contributed by atoms with Gasteiger partial charge < -0.3 is 25.0 Å². The molecule has 3 N–H and O–H groups in total. The Balaban J connectivity index is 2.87. The Kier molecular flexibility index (Phi) is 6.61. The number of pyridine rings is 1. The molecule has 7 nitrogen and oxygen atoms in total. The first-order chi connectivity index (χ1) is 11.3. The van der Waals surface area contributed by atoms with Crippen LogP contribution in [-0.4, -0.2) is 46.6 Å². The molecule has 0 aromatic carbocycles. The van der Waals surface area contributed by atoms with E-state index in [0.717, 1.165) is 7.11 Å². The van der Waals surface area contributed by atoms with E-state index in [9.17, 15) is 28.2 Å². The number of rotatable bonds is 5. The predicted molar refractivity (Wildman–Crippen MR) is 81.0 cm³/mol. The fourth-order valence-corrected chi connectivity index (χ4v) is 1.83. The van der Waals surface area contributed by atoms with Gasteiger partial charge in [-0.25, -0.2) is 9.78 Å². The van der Waals surface area contributed by atoms with Gasteiger partial charge in [-0.15, -0.1) is 0 Å². The van der Waals surface area contributed by atoms with Crippen LogP contribution in [0.15, 0.2) is 12.3 Å². The number of carbonyl (C=O) groups is 1. The highest BCUT2D eigenvalue weighted by atomic mass is 19.4. The molecule has 1 rings (SSSR count). The number of ether oxygens (including phenoxy) is 2. The average molecular weight is 366 g/mol. The number of nitrogens with one attached hydrogen (secondary N) is 1. The maximum absolute atomic E-state index is 12.8. The smallest absolute Gasteiger partial charge is 0.417 e. The second-order valence-electron chi connectivity index (χ2n) is 6.22. The number of hydrogen-bond donors (Lipinski definition) is 3. The Bertz CT molecular complexity index is 602. The van der Waals surface area contributed by atoms with E-state index in [1.807, 2.05) is 0 Å². The number of alkyl halides is 3. The second-order valence-corrected chi connectivity index (χ2v) is 6.22. The lowest BCUT2D eigenvalue weighted by molar-refractivity contribution is -0.138. The van der Waals surface area contributed by atoms with Gasteiger partial charge in [0.1, 0.15) is 17.8 Å². The molecule has 0 bridgehead atoms. The molecule has 2 atom stereocenters. The molecule has 1 aromatic rings. The van der Waals surface area contributed by atoms with Crippen LogP contribution >= 0.6 is 0 Å². The van der Waals surface area contributed by atoms with Crippen LogP contribution < -0.4 is 10.1 Å². The maximum atomic E-state index is 12.8. The minimum atomic E-state index is -4.67. The third-order valence-electron chi connectivity index (χ3n) is 2.94. The highest BCUT2D eigenvalue weighted by Gasteiger charge is 2.34. The van der Waals surface area contributed by atoms with Gasteiger partial charge in [0.25, 0.3) is 0 Å². The largest absolute Gasteiger partial charge is 0.481 e. The van der Waals surface area contributed by atoms with Gasteiger partial charge in [-0.3, -0.25) is 0 Å². The molecular formula is C15H21F3N2O5. The summed E-state index contributed by atoms with van der Waals surface area (Å²) in [5.74, 6) is -0.267. The second kappa shape index (κ2) is 7.87. The Morgan fingerprint density at radius 1 is 1.32 bits per heavy atom. The summed E-state index contributed by atoms with van der Waals surface area (Å²) in [6.45, 7) is 4.46. The summed E-state index contributed by atoms with van der Waals surface area (Å²) in [6.07, 6.45) is -8.33. The SMILES string of the molecule is COc1ncc(C(F)(F)F)cc1C(O)C(O)CNC(=O)OC(C)(C)C. The summed E-state index contributed by atoms with van der Waals surface area (Å²) >= 11 is 0. The number of halogens is 3. The van der Waals surface area contributed by atoms with Crippen molar-refractivity contribution in [2.45, 2.75) is 44.8 Å². The van der Waals surface area contributed by atoms with Gasteiger partial charge in [-0.2, -0.15) is 13.2 Å². The Morgan fingerprint density at radius 2 is 1.92 bits per heavy atom. The molecule has 142 valence electrons.